The maximum atomic E-state index is 14.3. The number of ketones is 1. The number of nitrogens with one attached hydrogen (secondary N) is 1. The quantitative estimate of drug-likeness (QED) is 0.229. The normalized spacial score (nSPS) is 18.7. The van der Waals surface area contributed by atoms with Crippen LogP contribution in [0, 0.1) is 19.3 Å². The molecule has 1 aliphatic rings. The number of nitrogens with zero attached hydrogens (tertiary/aromatic N) is 1. The molecule has 0 amide bonds. The second-order valence-electron chi connectivity index (χ2n) is 8.70. The van der Waals surface area contributed by atoms with Crippen LogP contribution in [-0.4, -0.2) is 42.7 Å². The van der Waals surface area contributed by atoms with Gasteiger partial charge in [0.2, 0.25) is 0 Å². The molecule has 35 heavy (non-hydrogen) atoms. The average Bonchev–Trinajstić information content (AvgIpc) is 3.17. The number of carbonyl (C=O) groups is 1. The van der Waals surface area contributed by atoms with Gasteiger partial charge in [0.05, 0.1) is 17.9 Å². The molecule has 0 spiro atoms. The third kappa shape index (κ3) is 6.33. The summed E-state index contributed by atoms with van der Waals surface area (Å²) in [6, 6.07) is 9.45. The Morgan fingerprint density at radius 3 is 2.37 bits per heavy atom. The highest BCUT2D eigenvalue weighted by Crippen LogP contribution is 2.49. The summed E-state index contributed by atoms with van der Waals surface area (Å²) in [7, 11) is 0. The van der Waals surface area contributed by atoms with Crippen LogP contribution in [0.25, 0.3) is 0 Å². The van der Waals surface area contributed by atoms with Gasteiger partial charge in [-0.25, -0.2) is 0 Å². The predicted octanol–water partition coefficient (Wildman–Crippen LogP) is 7.30. The van der Waals surface area contributed by atoms with Crippen LogP contribution in [0.2, 0.25) is 5.02 Å². The fourth-order valence-corrected chi connectivity index (χ4v) is 5.40. The number of carbonyl (C=O) groups excluding carboxylic acids is 1. The molecule has 3 rings (SSSR count). The Morgan fingerprint density at radius 2 is 1.80 bits per heavy atom. The number of hydrogen-bond acceptors (Lipinski definition) is 4. The molecule has 0 aromatic heterocycles. The van der Waals surface area contributed by atoms with E-state index in [1.54, 1.807) is 43.0 Å². The highest BCUT2D eigenvalue weighted by atomic mass is 35.5. The number of rotatable bonds is 7. The molecular formula is C24H23ClF6N2OS. The van der Waals surface area contributed by atoms with Crippen LogP contribution in [0.1, 0.15) is 29.5 Å². The van der Waals surface area contributed by atoms with Gasteiger partial charge in [0.15, 0.2) is 5.78 Å². The van der Waals surface area contributed by atoms with Crippen LogP contribution in [0.15, 0.2) is 41.3 Å². The molecule has 1 aliphatic heterocycles. The molecule has 0 saturated carbocycles. The van der Waals surface area contributed by atoms with Gasteiger partial charge >= 0.3 is 12.4 Å². The molecule has 190 valence electrons. The largest absolute Gasteiger partial charge is 0.400 e. The van der Waals surface area contributed by atoms with Gasteiger partial charge in [-0.15, -0.1) is 11.8 Å². The third-order valence-electron chi connectivity index (χ3n) is 6.00. The topological polar surface area (TPSA) is 44.2 Å². The van der Waals surface area contributed by atoms with Crippen molar-refractivity contribution in [3.8, 4) is 0 Å². The number of aryl methyl sites for hydroxylation is 2. The van der Waals surface area contributed by atoms with Crippen LogP contribution in [0.4, 0.5) is 32.0 Å². The zero-order chi connectivity index (χ0) is 26.2. The lowest BCUT2D eigenvalue weighted by molar-refractivity contribution is -0.184. The van der Waals surface area contributed by atoms with Gasteiger partial charge in [-0.2, -0.15) is 26.3 Å². The Morgan fingerprint density at radius 1 is 1.11 bits per heavy atom. The molecule has 2 aromatic carbocycles. The van der Waals surface area contributed by atoms with E-state index in [0.29, 0.717) is 21.7 Å². The van der Waals surface area contributed by atoms with E-state index in [-0.39, 0.29) is 35.8 Å². The van der Waals surface area contributed by atoms with Gasteiger partial charge in [-0.1, -0.05) is 17.7 Å². The van der Waals surface area contributed by atoms with Crippen LogP contribution in [0.5, 0.6) is 0 Å². The maximum absolute atomic E-state index is 14.3. The van der Waals surface area contributed by atoms with Gasteiger partial charge in [0.25, 0.3) is 0 Å². The van der Waals surface area contributed by atoms with Crippen molar-refractivity contribution in [2.75, 3.05) is 23.7 Å². The lowest BCUT2D eigenvalue weighted by Gasteiger charge is -2.33. The van der Waals surface area contributed by atoms with Crippen LogP contribution in [-0.2, 0) is 10.2 Å². The monoisotopic (exact) mass is 536 g/mol. The standard InChI is InChI=1S/C24H23ClF6N2OS/c1-14-7-16(10-17(25)8-14)22(24(29,30)31)5-6-33(13-22)18-3-4-21(15(2)9-18)35-12-20(34)19(32)11-23(26,27)28/h3-4,7-10,32H,5-6,11-13H2,1-2H3. The predicted molar refractivity (Wildman–Crippen MR) is 126 cm³/mol. The first-order chi connectivity index (χ1) is 16.1. The fraction of sp³-hybridized carbons (Fsp3) is 0.417. The molecule has 1 unspecified atom stereocenters. The van der Waals surface area contributed by atoms with E-state index < -0.39 is 35.7 Å². The Balaban J connectivity index is 1.76. The van der Waals surface area contributed by atoms with Gasteiger partial charge in [-0.3, -0.25) is 4.79 Å². The van der Waals surface area contributed by atoms with Crippen molar-refractivity contribution in [2.24, 2.45) is 0 Å². The van der Waals surface area contributed by atoms with Gasteiger partial charge in [-0.05, 0) is 67.3 Å². The molecule has 0 radical (unpaired) electrons. The second kappa shape index (κ2) is 10.0. The van der Waals surface area contributed by atoms with Gasteiger partial charge in [0, 0.05) is 28.7 Å². The summed E-state index contributed by atoms with van der Waals surface area (Å²) in [5.41, 5.74) is -1.06. The van der Waals surface area contributed by atoms with Gasteiger partial charge < -0.3 is 10.3 Å². The second-order valence-corrected chi connectivity index (χ2v) is 10.2. The summed E-state index contributed by atoms with van der Waals surface area (Å²) in [5.74, 6) is -1.24. The minimum Gasteiger partial charge on any atom is -0.370 e. The average molecular weight is 537 g/mol. The first kappa shape index (κ1) is 27.4. The number of anilines is 1. The molecule has 0 aliphatic carbocycles. The number of thioether (sulfide) groups is 1. The molecule has 2 aromatic rings. The number of halogens is 7. The number of alkyl halides is 6. The SMILES string of the molecule is Cc1cc(Cl)cc(C2(C(F)(F)F)CCN(c3ccc(SCC(=O)C(=N)CC(F)(F)F)c(C)c3)C2)c1. The number of benzene rings is 2. The fourth-order valence-electron chi connectivity index (χ4n) is 4.20. The van der Waals surface area contributed by atoms with Crippen molar-refractivity contribution in [3.63, 3.8) is 0 Å². The zero-order valence-electron chi connectivity index (χ0n) is 18.9. The van der Waals surface area contributed by atoms with Crippen molar-refractivity contribution >= 4 is 40.5 Å². The maximum Gasteiger partial charge on any atom is 0.400 e. The van der Waals surface area contributed by atoms with Crippen LogP contribution in [0.3, 0.4) is 0 Å². The Labute approximate surface area is 208 Å². The van der Waals surface area contributed by atoms with Crippen molar-refractivity contribution in [1.29, 1.82) is 5.41 Å². The van der Waals surface area contributed by atoms with E-state index in [1.165, 1.54) is 12.1 Å². The van der Waals surface area contributed by atoms with Crippen molar-refractivity contribution in [3.05, 3.63) is 58.1 Å². The Hall–Kier alpha value is -2.20. The summed E-state index contributed by atoms with van der Waals surface area (Å²) >= 11 is 7.05. The lowest BCUT2D eigenvalue weighted by atomic mass is 9.78. The van der Waals surface area contributed by atoms with Gasteiger partial charge in [0.1, 0.15) is 5.41 Å². The Bertz CT molecular complexity index is 1110. The molecule has 11 heteroatoms. The molecule has 1 saturated heterocycles. The highest BCUT2D eigenvalue weighted by Gasteiger charge is 2.59. The van der Waals surface area contributed by atoms with E-state index in [0.717, 1.165) is 11.8 Å². The lowest BCUT2D eigenvalue weighted by Crippen LogP contribution is -2.45. The van der Waals surface area contributed by atoms with Crippen molar-refractivity contribution < 1.29 is 31.1 Å². The molecule has 1 fully saturated rings. The number of hydrogen-bond donors (Lipinski definition) is 1. The summed E-state index contributed by atoms with van der Waals surface area (Å²) in [6.45, 7) is 3.30. The van der Waals surface area contributed by atoms with Crippen molar-refractivity contribution in [2.45, 2.75) is 49.4 Å². The minimum absolute atomic E-state index is 0.126. The number of Topliss-reactive ketones (excluding diaryl/α,β-unsaturated/α-hetero) is 1. The molecule has 3 nitrogen and oxygen atoms in total. The van der Waals surface area contributed by atoms with E-state index in [9.17, 15) is 31.1 Å². The van der Waals surface area contributed by atoms with E-state index in [1.807, 2.05) is 0 Å². The summed E-state index contributed by atoms with van der Waals surface area (Å²) in [5, 5.41) is 7.56. The molecule has 1 heterocycles. The summed E-state index contributed by atoms with van der Waals surface area (Å²) < 4.78 is 80.2. The zero-order valence-corrected chi connectivity index (χ0v) is 20.5. The summed E-state index contributed by atoms with van der Waals surface area (Å²) in [6.07, 6.45) is -10.8. The first-order valence-electron chi connectivity index (χ1n) is 10.6. The highest BCUT2D eigenvalue weighted by molar-refractivity contribution is 8.00. The van der Waals surface area contributed by atoms with E-state index >= 15 is 0 Å². The first-order valence-corrected chi connectivity index (χ1v) is 12.0. The molecular weight excluding hydrogens is 514 g/mol. The third-order valence-corrected chi connectivity index (χ3v) is 7.40. The van der Waals surface area contributed by atoms with Crippen LogP contribution >= 0.6 is 23.4 Å². The molecule has 1 atom stereocenters. The summed E-state index contributed by atoms with van der Waals surface area (Å²) in [4.78, 5) is 14.1. The van der Waals surface area contributed by atoms with Crippen LogP contribution < -0.4 is 4.90 Å². The molecule has 0 bridgehead atoms. The Kier molecular flexibility index (Phi) is 7.86. The molecule has 1 N–H and O–H groups in total. The van der Waals surface area contributed by atoms with Crippen molar-refractivity contribution in [1.82, 2.24) is 0 Å². The minimum atomic E-state index is -4.62. The smallest absolute Gasteiger partial charge is 0.370 e. The van der Waals surface area contributed by atoms with E-state index in [4.69, 9.17) is 17.0 Å². The van der Waals surface area contributed by atoms with E-state index in [2.05, 4.69) is 0 Å².